The fraction of sp³-hybridized carbons (Fsp3) is 0.130. The fourth-order valence-electron chi connectivity index (χ4n) is 3.62. The molecule has 3 aromatic rings. The Labute approximate surface area is 172 Å². The van der Waals surface area contributed by atoms with Crippen molar-refractivity contribution in [3.63, 3.8) is 0 Å². The summed E-state index contributed by atoms with van der Waals surface area (Å²) in [4.78, 5) is 27.4. The van der Waals surface area contributed by atoms with Crippen LogP contribution in [0.15, 0.2) is 72.8 Å². The maximum atomic E-state index is 13.6. The fourth-order valence-corrected chi connectivity index (χ4v) is 3.75. The number of amides is 1. The number of halogens is 2. The van der Waals surface area contributed by atoms with Crippen molar-refractivity contribution in [2.24, 2.45) is 0 Å². The summed E-state index contributed by atoms with van der Waals surface area (Å²) in [6.45, 7) is 0.0883. The minimum absolute atomic E-state index is 0.0883. The molecule has 1 aliphatic rings. The number of fused-ring (bicyclic) bond motifs is 1. The van der Waals surface area contributed by atoms with Gasteiger partial charge in [-0.05, 0) is 48.0 Å². The Hall–Kier alpha value is -3.02. The van der Waals surface area contributed by atoms with E-state index in [1.54, 1.807) is 60.7 Å². The average molecular weight is 410 g/mol. The van der Waals surface area contributed by atoms with Crippen LogP contribution >= 0.6 is 11.6 Å². The van der Waals surface area contributed by atoms with Crippen molar-refractivity contribution in [2.75, 3.05) is 4.90 Å². The van der Waals surface area contributed by atoms with Gasteiger partial charge in [-0.2, -0.15) is 0 Å². The van der Waals surface area contributed by atoms with Gasteiger partial charge in [0.25, 0.3) is 5.91 Å². The molecule has 0 radical (unpaired) electrons. The van der Waals surface area contributed by atoms with Crippen LogP contribution in [-0.2, 0) is 16.9 Å². The number of hydrogen-bond acceptors (Lipinski definition) is 3. The van der Waals surface area contributed by atoms with E-state index in [1.165, 1.54) is 17.0 Å². The lowest BCUT2D eigenvalue weighted by atomic mass is 9.88. The van der Waals surface area contributed by atoms with E-state index in [0.717, 1.165) is 0 Å². The molecule has 0 bridgehead atoms. The minimum atomic E-state index is -1.99. The summed E-state index contributed by atoms with van der Waals surface area (Å²) in [5, 5.41) is 11.8. The highest BCUT2D eigenvalue weighted by Gasteiger charge is 2.50. The number of carbonyl (C=O) groups excluding carboxylic acids is 2. The zero-order valence-corrected chi connectivity index (χ0v) is 16.1. The second kappa shape index (κ2) is 7.43. The van der Waals surface area contributed by atoms with Crippen molar-refractivity contribution < 1.29 is 19.1 Å². The third-order valence-corrected chi connectivity index (χ3v) is 5.30. The summed E-state index contributed by atoms with van der Waals surface area (Å²) in [6.07, 6.45) is -0.399. The maximum absolute atomic E-state index is 13.6. The Bertz CT molecular complexity index is 1100. The molecule has 0 spiro atoms. The third kappa shape index (κ3) is 3.55. The Morgan fingerprint density at radius 2 is 1.76 bits per heavy atom. The highest BCUT2D eigenvalue weighted by atomic mass is 35.5. The van der Waals surface area contributed by atoms with Crippen LogP contribution in [0.4, 0.5) is 10.1 Å². The lowest BCUT2D eigenvalue weighted by Gasteiger charge is -2.23. The van der Waals surface area contributed by atoms with Crippen LogP contribution in [0.2, 0.25) is 5.02 Å². The molecule has 3 aromatic carbocycles. The molecule has 1 N–H and O–H groups in total. The zero-order valence-electron chi connectivity index (χ0n) is 15.3. The topological polar surface area (TPSA) is 57.6 Å². The lowest BCUT2D eigenvalue weighted by Crippen LogP contribution is -2.41. The molecule has 0 fully saturated rings. The van der Waals surface area contributed by atoms with E-state index in [1.807, 2.05) is 0 Å². The summed E-state index contributed by atoms with van der Waals surface area (Å²) in [7, 11) is 0. The van der Waals surface area contributed by atoms with Gasteiger partial charge in [0.1, 0.15) is 5.82 Å². The van der Waals surface area contributed by atoms with Crippen LogP contribution in [0.5, 0.6) is 0 Å². The van der Waals surface area contributed by atoms with Crippen molar-refractivity contribution in [1.29, 1.82) is 0 Å². The van der Waals surface area contributed by atoms with E-state index in [0.29, 0.717) is 27.4 Å². The molecule has 0 unspecified atom stereocenters. The molecule has 29 heavy (non-hydrogen) atoms. The smallest absolute Gasteiger partial charge is 0.264 e. The highest BCUT2D eigenvalue weighted by Crippen LogP contribution is 2.43. The van der Waals surface area contributed by atoms with Gasteiger partial charge in [-0.25, -0.2) is 4.39 Å². The van der Waals surface area contributed by atoms with E-state index in [2.05, 4.69) is 0 Å². The van der Waals surface area contributed by atoms with Crippen LogP contribution < -0.4 is 4.90 Å². The van der Waals surface area contributed by atoms with E-state index in [4.69, 9.17) is 11.6 Å². The molecule has 1 heterocycles. The molecule has 4 nitrogen and oxygen atoms in total. The number of ketones is 1. The second-order valence-corrected chi connectivity index (χ2v) is 7.44. The molecule has 146 valence electrons. The standard InChI is InChI=1S/C23H17ClFNO3/c24-17-10-8-16(9-11-17)21(27)13-23(29)19-6-1-2-7-20(19)26(22(23)28)14-15-4-3-5-18(25)12-15/h1-12,29H,13-14H2/t23-/m1/s1. The molecule has 0 saturated carbocycles. The molecule has 1 atom stereocenters. The first-order valence-electron chi connectivity index (χ1n) is 9.05. The zero-order chi connectivity index (χ0) is 20.6. The summed E-state index contributed by atoms with van der Waals surface area (Å²) in [5.74, 6) is -1.39. The van der Waals surface area contributed by atoms with Crippen LogP contribution in [0.1, 0.15) is 27.9 Å². The molecule has 4 rings (SSSR count). The molecule has 0 saturated heterocycles. The normalized spacial score (nSPS) is 18.0. The monoisotopic (exact) mass is 409 g/mol. The van der Waals surface area contributed by atoms with Gasteiger partial charge in [0.2, 0.25) is 0 Å². The highest BCUT2D eigenvalue weighted by molar-refractivity contribution is 6.30. The molecular weight excluding hydrogens is 393 g/mol. The SMILES string of the molecule is O=C(C[C@]1(O)C(=O)N(Cc2cccc(F)c2)c2ccccc21)c1ccc(Cl)cc1. The van der Waals surface area contributed by atoms with Crippen molar-refractivity contribution in [3.05, 3.63) is 100 Å². The number of benzene rings is 3. The third-order valence-electron chi connectivity index (χ3n) is 5.05. The van der Waals surface area contributed by atoms with Gasteiger partial charge in [0, 0.05) is 16.1 Å². The maximum Gasteiger partial charge on any atom is 0.264 e. The summed E-state index contributed by atoms with van der Waals surface area (Å²) >= 11 is 5.86. The van der Waals surface area contributed by atoms with Crippen LogP contribution in [0.25, 0.3) is 0 Å². The van der Waals surface area contributed by atoms with Gasteiger partial charge >= 0.3 is 0 Å². The van der Waals surface area contributed by atoms with E-state index >= 15 is 0 Å². The number of hydrogen-bond donors (Lipinski definition) is 1. The Kier molecular flexibility index (Phi) is 4.94. The van der Waals surface area contributed by atoms with Gasteiger partial charge in [-0.1, -0.05) is 41.9 Å². The number of nitrogens with zero attached hydrogens (tertiary/aromatic N) is 1. The van der Waals surface area contributed by atoms with Gasteiger partial charge in [-0.15, -0.1) is 0 Å². The van der Waals surface area contributed by atoms with Gasteiger partial charge in [0.15, 0.2) is 11.4 Å². The van der Waals surface area contributed by atoms with Crippen LogP contribution in [-0.4, -0.2) is 16.8 Å². The number of para-hydroxylation sites is 1. The summed E-state index contributed by atoms with van der Waals surface area (Å²) in [5.41, 5.74) is -0.171. The lowest BCUT2D eigenvalue weighted by molar-refractivity contribution is -0.136. The summed E-state index contributed by atoms with van der Waals surface area (Å²) in [6, 6.07) is 19.0. The number of rotatable bonds is 5. The van der Waals surface area contributed by atoms with Crippen molar-refractivity contribution in [2.45, 2.75) is 18.6 Å². The second-order valence-electron chi connectivity index (χ2n) is 7.01. The first kappa shape index (κ1) is 19.3. The van der Waals surface area contributed by atoms with Gasteiger partial charge in [0.05, 0.1) is 18.7 Å². The minimum Gasteiger partial charge on any atom is -0.375 e. The summed E-state index contributed by atoms with van der Waals surface area (Å²) < 4.78 is 13.6. The predicted octanol–water partition coefficient (Wildman–Crippen LogP) is 4.49. The Morgan fingerprint density at radius 1 is 1.03 bits per heavy atom. The predicted molar refractivity (Wildman–Crippen MR) is 108 cm³/mol. The average Bonchev–Trinajstić information content (AvgIpc) is 2.91. The molecule has 1 aliphatic heterocycles. The van der Waals surface area contributed by atoms with Gasteiger partial charge < -0.3 is 10.0 Å². The van der Waals surface area contributed by atoms with Crippen molar-refractivity contribution >= 4 is 29.0 Å². The van der Waals surface area contributed by atoms with Crippen molar-refractivity contribution in [1.82, 2.24) is 0 Å². The van der Waals surface area contributed by atoms with Crippen molar-refractivity contribution in [3.8, 4) is 0 Å². The Morgan fingerprint density at radius 3 is 2.48 bits per heavy atom. The molecule has 0 aliphatic carbocycles. The number of Topliss-reactive ketones (excluding diaryl/α,β-unsaturated/α-hetero) is 1. The largest absolute Gasteiger partial charge is 0.375 e. The first-order chi connectivity index (χ1) is 13.9. The number of aliphatic hydroxyl groups is 1. The molecule has 1 amide bonds. The quantitative estimate of drug-likeness (QED) is 0.632. The van der Waals surface area contributed by atoms with Crippen LogP contribution in [0, 0.1) is 5.82 Å². The molecular formula is C23H17ClFNO3. The number of anilines is 1. The van der Waals surface area contributed by atoms with Crippen LogP contribution in [0.3, 0.4) is 0 Å². The van der Waals surface area contributed by atoms with E-state index in [9.17, 15) is 19.1 Å². The van der Waals surface area contributed by atoms with Gasteiger partial charge in [-0.3, -0.25) is 9.59 Å². The first-order valence-corrected chi connectivity index (χ1v) is 9.43. The van der Waals surface area contributed by atoms with E-state index < -0.39 is 23.7 Å². The number of carbonyl (C=O) groups is 2. The van der Waals surface area contributed by atoms with E-state index in [-0.39, 0.29) is 12.3 Å². The molecule has 0 aromatic heterocycles. The Balaban J connectivity index is 1.67. The molecule has 6 heteroatoms.